The Hall–Kier alpha value is -3.15. The van der Waals surface area contributed by atoms with Gasteiger partial charge in [-0.1, -0.05) is 23.5 Å². The standard InChI is InChI=1S/C26H25ClF3N3O4S/c1-35-20-9-10-22(33-23(20)14-3-7-18(28)17(27)11-14)26(38-31,25(29)30)13-32-24(34)15-4-8-19(21(12-15)36-2)37-16-5-6-16/h3-4,7-12,16,25H,5-6,13,31H2,1-2H3,(H,32,34). The highest BCUT2D eigenvalue weighted by Gasteiger charge is 2.44. The second-order valence-corrected chi connectivity index (χ2v) is 9.92. The molecule has 1 heterocycles. The van der Waals surface area contributed by atoms with Crippen LogP contribution in [0.1, 0.15) is 28.9 Å². The van der Waals surface area contributed by atoms with Crippen molar-refractivity contribution in [2.45, 2.75) is 30.1 Å². The summed E-state index contributed by atoms with van der Waals surface area (Å²) in [5.41, 5.74) is 0.597. The number of nitrogens with two attached hydrogens (primary N) is 1. The summed E-state index contributed by atoms with van der Waals surface area (Å²) in [7, 11) is 2.84. The van der Waals surface area contributed by atoms with E-state index in [1.165, 1.54) is 50.6 Å². The molecule has 1 fully saturated rings. The maximum atomic E-state index is 14.6. The average Bonchev–Trinajstić information content (AvgIpc) is 3.74. The van der Waals surface area contributed by atoms with E-state index < -0.39 is 29.4 Å². The van der Waals surface area contributed by atoms with Gasteiger partial charge in [-0.3, -0.25) is 9.93 Å². The molecular weight excluding hydrogens is 543 g/mol. The number of aromatic nitrogens is 1. The van der Waals surface area contributed by atoms with Gasteiger partial charge >= 0.3 is 0 Å². The fourth-order valence-electron chi connectivity index (χ4n) is 3.72. The minimum atomic E-state index is -3.02. The average molecular weight is 568 g/mol. The number of halogens is 4. The molecule has 3 N–H and O–H groups in total. The summed E-state index contributed by atoms with van der Waals surface area (Å²) >= 11 is 6.28. The van der Waals surface area contributed by atoms with Crippen LogP contribution in [0, 0.1) is 5.82 Å². The first-order chi connectivity index (χ1) is 18.2. The number of hydrogen-bond acceptors (Lipinski definition) is 7. The monoisotopic (exact) mass is 567 g/mol. The molecule has 2 aromatic carbocycles. The number of alkyl halides is 2. The summed E-state index contributed by atoms with van der Waals surface area (Å²) in [6, 6.07) is 11.3. The number of carbonyl (C=O) groups excluding carboxylic acids is 1. The molecule has 0 saturated heterocycles. The third-order valence-electron chi connectivity index (χ3n) is 6.02. The van der Waals surface area contributed by atoms with E-state index in [9.17, 15) is 18.0 Å². The van der Waals surface area contributed by atoms with E-state index in [4.69, 9.17) is 31.0 Å². The lowest BCUT2D eigenvalue weighted by molar-refractivity contribution is 0.0836. The summed E-state index contributed by atoms with van der Waals surface area (Å²) in [5, 5.41) is 8.17. The van der Waals surface area contributed by atoms with Crippen LogP contribution in [0.2, 0.25) is 5.02 Å². The van der Waals surface area contributed by atoms with E-state index in [0.717, 1.165) is 18.9 Å². The molecule has 1 atom stereocenters. The van der Waals surface area contributed by atoms with Gasteiger partial charge in [0.25, 0.3) is 12.3 Å². The summed E-state index contributed by atoms with van der Waals surface area (Å²) < 4.78 is 57.2. The van der Waals surface area contributed by atoms with Gasteiger partial charge in [-0.25, -0.2) is 18.2 Å². The van der Waals surface area contributed by atoms with Crippen molar-refractivity contribution in [3.8, 4) is 28.5 Å². The fourth-order valence-corrected chi connectivity index (χ4v) is 4.39. The summed E-state index contributed by atoms with van der Waals surface area (Å²) in [5.74, 6) is -0.138. The van der Waals surface area contributed by atoms with E-state index >= 15 is 0 Å². The van der Waals surface area contributed by atoms with Crippen LogP contribution in [0.25, 0.3) is 11.3 Å². The minimum absolute atomic E-state index is 0.109. The highest BCUT2D eigenvalue weighted by molar-refractivity contribution is 7.98. The number of benzene rings is 2. The molecule has 3 aromatic rings. The van der Waals surface area contributed by atoms with Crippen molar-refractivity contribution in [3.63, 3.8) is 0 Å². The van der Waals surface area contributed by atoms with E-state index in [1.807, 2.05) is 0 Å². The van der Waals surface area contributed by atoms with Gasteiger partial charge in [0, 0.05) is 17.7 Å². The predicted octanol–water partition coefficient (Wildman–Crippen LogP) is 5.60. The molecule has 38 heavy (non-hydrogen) atoms. The molecule has 1 amide bonds. The quantitative estimate of drug-likeness (QED) is 0.291. The first-order valence-corrected chi connectivity index (χ1v) is 12.8. The predicted molar refractivity (Wildman–Crippen MR) is 140 cm³/mol. The second-order valence-electron chi connectivity index (χ2n) is 8.55. The lowest BCUT2D eigenvalue weighted by Crippen LogP contribution is -2.45. The SMILES string of the molecule is COc1cc(C(=O)NCC(SN)(c2ccc(OC)c(-c3ccc(F)c(Cl)c3)n2)C(F)F)ccc1OC1CC1. The van der Waals surface area contributed by atoms with E-state index in [-0.39, 0.29) is 33.8 Å². The van der Waals surface area contributed by atoms with Gasteiger partial charge in [0.15, 0.2) is 11.5 Å². The van der Waals surface area contributed by atoms with Crippen LogP contribution in [-0.4, -0.2) is 44.2 Å². The normalized spacial score (nSPS) is 14.6. The number of ether oxygens (including phenoxy) is 3. The van der Waals surface area contributed by atoms with Crippen LogP contribution in [0.5, 0.6) is 17.2 Å². The van der Waals surface area contributed by atoms with Crippen LogP contribution < -0.4 is 24.7 Å². The third-order valence-corrected chi connectivity index (χ3v) is 7.26. The van der Waals surface area contributed by atoms with Crippen molar-refractivity contribution in [2.24, 2.45) is 5.14 Å². The largest absolute Gasteiger partial charge is 0.494 e. The number of hydrogen-bond donors (Lipinski definition) is 2. The number of amides is 1. The molecule has 4 rings (SSSR count). The third kappa shape index (κ3) is 5.79. The molecule has 7 nitrogen and oxygen atoms in total. The lowest BCUT2D eigenvalue weighted by Gasteiger charge is -2.31. The van der Waals surface area contributed by atoms with E-state index in [0.29, 0.717) is 29.0 Å². The highest BCUT2D eigenvalue weighted by Crippen LogP contribution is 2.41. The van der Waals surface area contributed by atoms with Crippen LogP contribution >= 0.6 is 23.5 Å². The van der Waals surface area contributed by atoms with Gasteiger partial charge in [-0.05, 0) is 61.4 Å². The number of nitrogens with one attached hydrogen (secondary N) is 1. The smallest absolute Gasteiger partial charge is 0.261 e. The van der Waals surface area contributed by atoms with Gasteiger partial charge in [-0.2, -0.15) is 0 Å². The van der Waals surface area contributed by atoms with E-state index in [2.05, 4.69) is 10.3 Å². The summed E-state index contributed by atoms with van der Waals surface area (Å²) in [6.45, 7) is -0.545. The van der Waals surface area contributed by atoms with Crippen LogP contribution in [0.15, 0.2) is 48.5 Å². The number of methoxy groups -OCH3 is 2. The zero-order chi connectivity index (χ0) is 27.4. The number of pyridine rings is 1. The molecule has 0 aliphatic heterocycles. The molecule has 1 unspecified atom stereocenters. The van der Waals surface area contributed by atoms with Crippen molar-refractivity contribution in [3.05, 3.63) is 70.6 Å². The molecule has 0 bridgehead atoms. The zero-order valence-corrected chi connectivity index (χ0v) is 22.0. The van der Waals surface area contributed by atoms with Crippen molar-refractivity contribution in [1.29, 1.82) is 0 Å². The Morgan fingerprint density at radius 1 is 1.13 bits per heavy atom. The van der Waals surface area contributed by atoms with Crippen LogP contribution in [0.3, 0.4) is 0 Å². The molecule has 12 heteroatoms. The first kappa shape index (κ1) is 27.9. The van der Waals surface area contributed by atoms with Crippen molar-refractivity contribution in [2.75, 3.05) is 20.8 Å². The molecule has 1 aliphatic carbocycles. The van der Waals surface area contributed by atoms with Crippen molar-refractivity contribution in [1.82, 2.24) is 10.3 Å². The molecule has 1 aliphatic rings. The van der Waals surface area contributed by atoms with Gasteiger partial charge in [0.1, 0.15) is 22.0 Å². The number of nitrogens with zero attached hydrogens (tertiary/aromatic N) is 1. The Kier molecular flexibility index (Phi) is 8.59. The Balaban J connectivity index is 1.63. The Morgan fingerprint density at radius 3 is 2.45 bits per heavy atom. The Labute approximate surface area is 226 Å². The van der Waals surface area contributed by atoms with Crippen LogP contribution in [0.4, 0.5) is 13.2 Å². The molecule has 1 aromatic heterocycles. The van der Waals surface area contributed by atoms with Gasteiger partial charge in [0.2, 0.25) is 0 Å². The minimum Gasteiger partial charge on any atom is -0.494 e. The summed E-state index contributed by atoms with van der Waals surface area (Å²) in [4.78, 5) is 17.3. The number of carbonyl (C=O) groups is 1. The lowest BCUT2D eigenvalue weighted by atomic mass is 10.0. The van der Waals surface area contributed by atoms with Gasteiger partial charge in [0.05, 0.1) is 31.0 Å². The highest BCUT2D eigenvalue weighted by atomic mass is 35.5. The Morgan fingerprint density at radius 2 is 1.84 bits per heavy atom. The fraction of sp³-hybridized carbons (Fsp3) is 0.308. The maximum Gasteiger partial charge on any atom is 0.261 e. The Bertz CT molecular complexity index is 1330. The van der Waals surface area contributed by atoms with Gasteiger partial charge < -0.3 is 19.5 Å². The number of rotatable bonds is 11. The maximum absolute atomic E-state index is 14.6. The second kappa shape index (κ2) is 11.7. The first-order valence-electron chi connectivity index (χ1n) is 11.5. The van der Waals surface area contributed by atoms with Crippen molar-refractivity contribution >= 4 is 29.5 Å². The summed E-state index contributed by atoms with van der Waals surface area (Å²) in [6.07, 6.45) is -0.989. The molecule has 1 saturated carbocycles. The zero-order valence-electron chi connectivity index (χ0n) is 20.5. The van der Waals surface area contributed by atoms with E-state index in [1.54, 1.807) is 6.07 Å². The van der Waals surface area contributed by atoms with Gasteiger partial charge in [-0.15, -0.1) is 0 Å². The molecular formula is C26H25ClF3N3O4S. The molecule has 0 radical (unpaired) electrons. The molecule has 202 valence electrons. The van der Waals surface area contributed by atoms with Crippen molar-refractivity contribution < 1.29 is 32.2 Å². The topological polar surface area (TPSA) is 95.7 Å². The van der Waals surface area contributed by atoms with Crippen LogP contribution in [-0.2, 0) is 4.75 Å². The molecule has 0 spiro atoms.